The number of anilines is 6. The average molecular weight is 935 g/mol. The van der Waals surface area contributed by atoms with Gasteiger partial charge in [0, 0.05) is 43.2 Å². The van der Waals surface area contributed by atoms with E-state index in [9.17, 15) is 0 Å². The number of aryl methyl sites for hydroxylation is 1. The Kier molecular flexibility index (Phi) is 9.53. The smallest absolute Gasteiger partial charge is 0.264 e. The minimum atomic E-state index is -0.0697. The van der Waals surface area contributed by atoms with E-state index in [1.54, 1.807) is 0 Å². The lowest BCUT2D eigenvalue weighted by atomic mass is 9.36. The zero-order valence-electron chi connectivity index (χ0n) is 42.6. The van der Waals surface area contributed by atoms with Gasteiger partial charge < -0.3 is 9.80 Å². The number of hydrogen-bond acceptors (Lipinski definition) is 3. The quantitative estimate of drug-likeness (QED) is 0.128. The van der Waals surface area contributed by atoms with E-state index < -0.39 is 0 Å². The lowest BCUT2D eigenvalue weighted by molar-refractivity contribution is 0.590. The molecule has 0 saturated carbocycles. The minimum absolute atomic E-state index is 0.0131. The maximum Gasteiger partial charge on any atom is 0.264 e. The Morgan fingerprint density at radius 3 is 1.75 bits per heavy atom. The summed E-state index contributed by atoms with van der Waals surface area (Å²) in [6.07, 6.45) is 0. The lowest BCUT2D eigenvalue weighted by Gasteiger charge is -2.44. The van der Waals surface area contributed by atoms with E-state index in [1.807, 2.05) is 11.3 Å². The summed E-state index contributed by atoms with van der Waals surface area (Å²) in [5.41, 5.74) is 20.2. The predicted octanol–water partition coefficient (Wildman–Crippen LogP) is 17.4. The van der Waals surface area contributed by atoms with Gasteiger partial charge in [0.1, 0.15) is 0 Å². The fourth-order valence-electron chi connectivity index (χ4n) is 11.9. The highest BCUT2D eigenvalue weighted by atomic mass is 32.1. The van der Waals surface area contributed by atoms with Gasteiger partial charge in [-0.1, -0.05) is 184 Å². The van der Waals surface area contributed by atoms with Crippen molar-refractivity contribution in [3.05, 3.63) is 198 Å². The molecule has 2 aliphatic rings. The molecule has 4 heteroatoms. The first kappa shape index (κ1) is 43.9. The Labute approximate surface area is 423 Å². The van der Waals surface area contributed by atoms with Crippen molar-refractivity contribution in [1.29, 1.82) is 0 Å². The summed E-state index contributed by atoms with van der Waals surface area (Å²) < 4.78 is 2.71. The topological polar surface area (TPSA) is 6.48 Å². The number of thiophene rings is 1. The molecule has 1 aromatic heterocycles. The number of fused-ring (bicyclic) bond motifs is 6. The van der Waals surface area contributed by atoms with E-state index in [1.165, 1.54) is 137 Å². The highest BCUT2D eigenvalue weighted by molar-refractivity contribution is 7.33. The zero-order valence-corrected chi connectivity index (χ0v) is 43.4. The first-order valence-corrected chi connectivity index (χ1v) is 26.3. The Balaban J connectivity index is 1.15. The van der Waals surface area contributed by atoms with E-state index in [0.29, 0.717) is 0 Å². The van der Waals surface area contributed by atoms with Gasteiger partial charge in [-0.15, -0.1) is 11.3 Å². The molecule has 2 aliphatic heterocycles. The van der Waals surface area contributed by atoms with E-state index in [2.05, 4.69) is 255 Å². The van der Waals surface area contributed by atoms with E-state index in [0.717, 1.165) is 0 Å². The van der Waals surface area contributed by atoms with Crippen LogP contribution in [0.5, 0.6) is 0 Å². The van der Waals surface area contributed by atoms with Crippen LogP contribution in [0.1, 0.15) is 84.6 Å². The van der Waals surface area contributed by atoms with Crippen molar-refractivity contribution in [2.75, 3.05) is 9.80 Å². The molecule has 0 spiro atoms. The Hall–Kier alpha value is -7.14. The van der Waals surface area contributed by atoms with Crippen molar-refractivity contribution >= 4 is 110 Å². The summed E-state index contributed by atoms with van der Waals surface area (Å²) in [7, 11) is 0. The number of rotatable bonds is 4. The Bertz CT molecular complexity index is 3940. The molecule has 0 saturated heterocycles. The third-order valence-electron chi connectivity index (χ3n) is 15.7. The van der Waals surface area contributed by atoms with Crippen LogP contribution in [-0.4, -0.2) is 6.71 Å². The summed E-state index contributed by atoms with van der Waals surface area (Å²) in [5, 5.41) is 9.14. The van der Waals surface area contributed by atoms with Gasteiger partial charge in [-0.3, -0.25) is 0 Å². The molecule has 11 aromatic rings. The van der Waals surface area contributed by atoms with Crippen molar-refractivity contribution in [3.63, 3.8) is 0 Å². The number of nitrogens with zero attached hydrogens (tertiary/aromatic N) is 2. The van der Waals surface area contributed by atoms with Gasteiger partial charge in [-0.25, -0.2) is 0 Å². The van der Waals surface area contributed by atoms with Crippen LogP contribution in [0.25, 0.3) is 64.7 Å². The molecule has 0 bridgehead atoms. The molecular formula is C67H59BN2S. The second kappa shape index (κ2) is 15.4. The van der Waals surface area contributed by atoms with Gasteiger partial charge >= 0.3 is 0 Å². The van der Waals surface area contributed by atoms with Crippen LogP contribution in [0.2, 0.25) is 0 Å². The maximum absolute atomic E-state index is 2.70. The van der Waals surface area contributed by atoms with Crippen LogP contribution >= 0.6 is 11.3 Å². The lowest BCUT2D eigenvalue weighted by Crippen LogP contribution is -2.60. The molecule has 71 heavy (non-hydrogen) atoms. The third kappa shape index (κ3) is 6.81. The molecule has 0 aliphatic carbocycles. The molecule has 0 atom stereocenters. The van der Waals surface area contributed by atoms with Gasteiger partial charge in [0.15, 0.2) is 0 Å². The van der Waals surface area contributed by atoms with E-state index >= 15 is 0 Å². The standard InChI is InChI=1S/C67H59BN2S/c1-40-35-57-62-58(36-40)70(55-33-26-47(66(5,6)7)38-52(55)50-30-21-44-20-19-42-17-14-18-43-22-31-51(50)61(44)60(42)43)63-53-39-48(67(8,9)10)27-34-59(53)71-64(63)68(62)54-32-23-45(41-15-12-11-13-16-41)37-56(54)69(57)49-28-24-46(25-29-49)65(2,3)4/h11-39H,1-10H3. The highest BCUT2D eigenvalue weighted by Crippen LogP contribution is 2.53. The fourth-order valence-corrected chi connectivity index (χ4v) is 13.2. The molecule has 0 radical (unpaired) electrons. The number of hydrogen-bond donors (Lipinski definition) is 0. The SMILES string of the molecule is Cc1cc2c3c(c1)N(c1ccc(C(C)(C)C)cc1-c1ccc4ccc5cccc6ccc1c4c56)c1c(sc4ccc(C(C)(C)C)cc14)B3c1ccc(-c3ccccc3)cc1N2c1ccc(C(C)(C)C)cc1. The van der Waals surface area contributed by atoms with Crippen LogP contribution in [0.3, 0.4) is 0 Å². The third-order valence-corrected chi connectivity index (χ3v) is 16.9. The van der Waals surface area contributed by atoms with Crippen molar-refractivity contribution in [2.45, 2.75) is 85.5 Å². The zero-order chi connectivity index (χ0) is 48.9. The van der Waals surface area contributed by atoms with E-state index in [-0.39, 0.29) is 23.0 Å². The first-order chi connectivity index (χ1) is 34.0. The molecule has 3 heterocycles. The summed E-state index contributed by atoms with van der Waals surface area (Å²) in [6.45, 7) is 23.3. The van der Waals surface area contributed by atoms with Crippen LogP contribution in [0.15, 0.2) is 176 Å². The van der Waals surface area contributed by atoms with Gasteiger partial charge in [0.05, 0.1) is 11.4 Å². The monoisotopic (exact) mass is 934 g/mol. The molecular weight excluding hydrogens is 876 g/mol. The largest absolute Gasteiger partial charge is 0.311 e. The molecule has 346 valence electrons. The molecule has 0 amide bonds. The van der Waals surface area contributed by atoms with Gasteiger partial charge in [0.2, 0.25) is 0 Å². The van der Waals surface area contributed by atoms with Crippen LogP contribution in [0, 0.1) is 6.92 Å². The van der Waals surface area contributed by atoms with Crippen molar-refractivity contribution in [3.8, 4) is 22.3 Å². The van der Waals surface area contributed by atoms with Crippen LogP contribution < -0.4 is 25.5 Å². The van der Waals surface area contributed by atoms with Crippen molar-refractivity contribution in [2.24, 2.45) is 0 Å². The summed E-state index contributed by atoms with van der Waals surface area (Å²) in [4.78, 5) is 5.28. The highest BCUT2D eigenvalue weighted by Gasteiger charge is 2.46. The Morgan fingerprint density at radius 2 is 1.04 bits per heavy atom. The molecule has 0 N–H and O–H groups in total. The second-order valence-corrected chi connectivity index (χ2v) is 24.6. The van der Waals surface area contributed by atoms with Crippen molar-refractivity contribution < 1.29 is 0 Å². The van der Waals surface area contributed by atoms with Crippen LogP contribution in [0.4, 0.5) is 34.1 Å². The molecule has 0 fully saturated rings. The number of benzene rings is 10. The summed E-state index contributed by atoms with van der Waals surface area (Å²) in [5.74, 6) is 0. The summed E-state index contributed by atoms with van der Waals surface area (Å²) >= 11 is 1.98. The minimum Gasteiger partial charge on any atom is -0.311 e. The van der Waals surface area contributed by atoms with Gasteiger partial charge in [-0.05, 0) is 160 Å². The average Bonchev–Trinajstić information content (AvgIpc) is 3.73. The second-order valence-electron chi connectivity index (χ2n) is 23.5. The first-order valence-electron chi connectivity index (χ1n) is 25.4. The molecule has 10 aromatic carbocycles. The fraction of sp³-hybridized carbons (Fsp3) is 0.194. The Morgan fingerprint density at radius 1 is 0.423 bits per heavy atom. The maximum atomic E-state index is 2.70. The predicted molar refractivity (Wildman–Crippen MR) is 311 cm³/mol. The normalized spacial score (nSPS) is 13.7. The summed E-state index contributed by atoms with van der Waals surface area (Å²) in [6, 6.07) is 68.0. The molecule has 2 nitrogen and oxygen atoms in total. The van der Waals surface area contributed by atoms with Gasteiger partial charge in [-0.2, -0.15) is 0 Å². The molecule has 0 unspecified atom stereocenters. The molecule has 13 rings (SSSR count). The van der Waals surface area contributed by atoms with E-state index in [4.69, 9.17) is 0 Å². The van der Waals surface area contributed by atoms with Crippen LogP contribution in [-0.2, 0) is 16.2 Å². The van der Waals surface area contributed by atoms with Crippen molar-refractivity contribution in [1.82, 2.24) is 0 Å². The van der Waals surface area contributed by atoms with Gasteiger partial charge in [0.25, 0.3) is 6.71 Å².